The number of benzene rings is 2. The van der Waals surface area contributed by atoms with Gasteiger partial charge in [-0.25, -0.2) is 5.48 Å². The molecule has 0 aliphatic carbocycles. The molecule has 0 fully saturated rings. The summed E-state index contributed by atoms with van der Waals surface area (Å²) in [6.07, 6.45) is 0.239. The van der Waals surface area contributed by atoms with Crippen LogP contribution in [0, 0.1) is 0 Å². The summed E-state index contributed by atoms with van der Waals surface area (Å²) in [6.45, 7) is 0.249. The van der Waals surface area contributed by atoms with Crippen LogP contribution < -0.4 is 10.8 Å². The van der Waals surface area contributed by atoms with Gasteiger partial charge in [-0.15, -0.1) is 0 Å². The van der Waals surface area contributed by atoms with E-state index in [2.05, 4.69) is 5.32 Å². The van der Waals surface area contributed by atoms with E-state index in [0.29, 0.717) is 0 Å². The van der Waals surface area contributed by atoms with Crippen molar-refractivity contribution in [3.05, 3.63) is 42.5 Å². The van der Waals surface area contributed by atoms with Crippen molar-refractivity contribution in [1.29, 1.82) is 0 Å². The summed E-state index contributed by atoms with van der Waals surface area (Å²) < 4.78 is 0. The Morgan fingerprint density at radius 2 is 1.88 bits per heavy atom. The van der Waals surface area contributed by atoms with Gasteiger partial charge < -0.3 is 10.5 Å². The molecular weight excluding hydrogens is 216 g/mol. The average Bonchev–Trinajstić information content (AvgIpc) is 2.36. The Balaban J connectivity index is 2.11. The molecule has 4 heteroatoms. The van der Waals surface area contributed by atoms with Crippen LogP contribution in [0.2, 0.25) is 0 Å². The van der Waals surface area contributed by atoms with Gasteiger partial charge >= 0.3 is 0 Å². The highest BCUT2D eigenvalue weighted by molar-refractivity contribution is 5.94. The molecule has 0 radical (unpaired) electrons. The fraction of sp³-hybridized carbons (Fsp3) is 0.154. The first-order valence-electron chi connectivity index (χ1n) is 5.45. The van der Waals surface area contributed by atoms with E-state index >= 15 is 0 Å². The number of carbonyl (C=O) groups is 1. The standard InChI is InChI=1S/C13H14N2O2/c16-13(7-8-14-17)15-12-6-5-10-3-1-2-4-11(10)9-12/h1-6,9,14,17H,7-8H2,(H,15,16). The summed E-state index contributed by atoms with van der Waals surface area (Å²) in [5, 5.41) is 13.4. The minimum Gasteiger partial charge on any atom is -0.326 e. The van der Waals surface area contributed by atoms with Crippen LogP contribution in [-0.2, 0) is 4.79 Å². The number of amides is 1. The van der Waals surface area contributed by atoms with Gasteiger partial charge in [0, 0.05) is 18.7 Å². The van der Waals surface area contributed by atoms with E-state index in [4.69, 9.17) is 5.21 Å². The third-order valence-electron chi connectivity index (χ3n) is 2.50. The first kappa shape index (κ1) is 11.6. The van der Waals surface area contributed by atoms with Gasteiger partial charge in [0.05, 0.1) is 0 Å². The lowest BCUT2D eigenvalue weighted by Gasteiger charge is -2.06. The molecule has 2 rings (SSSR count). The molecule has 0 bridgehead atoms. The Hall–Kier alpha value is -1.91. The Morgan fingerprint density at radius 1 is 1.12 bits per heavy atom. The van der Waals surface area contributed by atoms with E-state index in [1.54, 1.807) is 0 Å². The largest absolute Gasteiger partial charge is 0.326 e. The fourth-order valence-electron chi connectivity index (χ4n) is 1.66. The lowest BCUT2D eigenvalue weighted by molar-refractivity contribution is -0.116. The zero-order valence-corrected chi connectivity index (χ0v) is 9.31. The lowest BCUT2D eigenvalue weighted by Crippen LogP contribution is -2.19. The molecule has 0 spiro atoms. The lowest BCUT2D eigenvalue weighted by atomic mass is 10.1. The maximum Gasteiger partial charge on any atom is 0.225 e. The van der Waals surface area contributed by atoms with Crippen LogP contribution in [0.4, 0.5) is 5.69 Å². The van der Waals surface area contributed by atoms with Gasteiger partial charge in [-0.3, -0.25) is 4.79 Å². The van der Waals surface area contributed by atoms with Crippen LogP contribution in [0.3, 0.4) is 0 Å². The predicted octanol–water partition coefficient (Wildman–Crippen LogP) is 2.15. The number of fused-ring (bicyclic) bond motifs is 1. The number of hydrogen-bond acceptors (Lipinski definition) is 3. The Morgan fingerprint density at radius 3 is 2.65 bits per heavy atom. The van der Waals surface area contributed by atoms with Crippen LogP contribution in [0.25, 0.3) is 10.8 Å². The number of hydroxylamine groups is 1. The quantitative estimate of drug-likeness (QED) is 0.705. The second-order valence-corrected chi connectivity index (χ2v) is 3.77. The minimum absolute atomic E-state index is 0.123. The molecule has 2 aromatic rings. The molecule has 17 heavy (non-hydrogen) atoms. The molecule has 0 aliphatic rings. The highest BCUT2D eigenvalue weighted by atomic mass is 16.5. The van der Waals surface area contributed by atoms with E-state index in [9.17, 15) is 4.79 Å². The predicted molar refractivity (Wildman–Crippen MR) is 67.0 cm³/mol. The number of rotatable bonds is 4. The number of hydrogen-bond donors (Lipinski definition) is 3. The van der Waals surface area contributed by atoms with Gasteiger partial charge in [0.15, 0.2) is 0 Å². The molecule has 0 aliphatic heterocycles. The van der Waals surface area contributed by atoms with Gasteiger partial charge in [0.1, 0.15) is 0 Å². The average molecular weight is 230 g/mol. The van der Waals surface area contributed by atoms with Crippen molar-refractivity contribution >= 4 is 22.4 Å². The molecule has 88 valence electrons. The molecule has 1 amide bonds. The molecule has 3 N–H and O–H groups in total. The van der Waals surface area contributed by atoms with Crippen molar-refractivity contribution in [1.82, 2.24) is 5.48 Å². The smallest absolute Gasteiger partial charge is 0.225 e. The molecule has 0 saturated carbocycles. The Kier molecular flexibility index (Phi) is 3.69. The summed E-state index contributed by atoms with van der Waals surface area (Å²) >= 11 is 0. The van der Waals surface area contributed by atoms with Gasteiger partial charge in [-0.2, -0.15) is 0 Å². The maximum absolute atomic E-state index is 11.4. The second kappa shape index (κ2) is 5.43. The second-order valence-electron chi connectivity index (χ2n) is 3.77. The number of anilines is 1. The molecule has 0 atom stereocenters. The third kappa shape index (κ3) is 3.03. The van der Waals surface area contributed by atoms with E-state index in [1.165, 1.54) is 0 Å². The van der Waals surface area contributed by atoms with Crippen molar-refractivity contribution in [2.45, 2.75) is 6.42 Å². The first-order valence-corrected chi connectivity index (χ1v) is 5.45. The molecular formula is C13H14N2O2. The zero-order valence-electron chi connectivity index (χ0n) is 9.31. The maximum atomic E-state index is 11.4. The van der Waals surface area contributed by atoms with E-state index in [1.807, 2.05) is 47.9 Å². The zero-order chi connectivity index (χ0) is 12.1. The Bertz CT molecular complexity index is 526. The van der Waals surface area contributed by atoms with Crippen molar-refractivity contribution in [2.24, 2.45) is 0 Å². The van der Waals surface area contributed by atoms with Gasteiger partial charge in [-0.1, -0.05) is 30.3 Å². The van der Waals surface area contributed by atoms with Crippen molar-refractivity contribution in [3.63, 3.8) is 0 Å². The summed E-state index contributed by atoms with van der Waals surface area (Å²) in [4.78, 5) is 11.4. The molecule has 0 aromatic heterocycles. The highest BCUT2D eigenvalue weighted by Gasteiger charge is 2.02. The van der Waals surface area contributed by atoms with Crippen LogP contribution in [0.15, 0.2) is 42.5 Å². The monoisotopic (exact) mass is 230 g/mol. The van der Waals surface area contributed by atoms with Gasteiger partial charge in [0.2, 0.25) is 5.91 Å². The van der Waals surface area contributed by atoms with Crippen LogP contribution in [-0.4, -0.2) is 17.7 Å². The summed E-state index contributed by atoms with van der Waals surface area (Å²) in [5.74, 6) is -0.123. The van der Waals surface area contributed by atoms with Gasteiger partial charge in [0.25, 0.3) is 0 Å². The summed E-state index contributed by atoms with van der Waals surface area (Å²) in [5.41, 5.74) is 2.72. The fourth-order valence-corrected chi connectivity index (χ4v) is 1.66. The van der Waals surface area contributed by atoms with Gasteiger partial charge in [-0.05, 0) is 22.9 Å². The van der Waals surface area contributed by atoms with Crippen molar-refractivity contribution < 1.29 is 10.0 Å². The molecule has 0 heterocycles. The SMILES string of the molecule is O=C(CCNO)Nc1ccc2ccccc2c1. The topological polar surface area (TPSA) is 61.4 Å². The number of carbonyl (C=O) groups excluding carboxylic acids is 1. The van der Waals surface area contributed by atoms with Crippen LogP contribution >= 0.6 is 0 Å². The molecule has 4 nitrogen and oxygen atoms in total. The first-order chi connectivity index (χ1) is 8.29. The van der Waals surface area contributed by atoms with Crippen molar-refractivity contribution in [2.75, 3.05) is 11.9 Å². The normalized spacial score (nSPS) is 10.4. The van der Waals surface area contributed by atoms with Crippen molar-refractivity contribution in [3.8, 4) is 0 Å². The number of nitrogens with one attached hydrogen (secondary N) is 2. The summed E-state index contributed by atoms with van der Waals surface area (Å²) in [7, 11) is 0. The Labute approximate surface area is 99.2 Å². The van der Waals surface area contributed by atoms with Crippen LogP contribution in [0.5, 0.6) is 0 Å². The van der Waals surface area contributed by atoms with Crippen LogP contribution in [0.1, 0.15) is 6.42 Å². The molecule has 2 aromatic carbocycles. The minimum atomic E-state index is -0.123. The highest BCUT2D eigenvalue weighted by Crippen LogP contribution is 2.18. The van der Waals surface area contributed by atoms with E-state index in [0.717, 1.165) is 16.5 Å². The van der Waals surface area contributed by atoms with E-state index in [-0.39, 0.29) is 18.9 Å². The molecule has 0 unspecified atom stereocenters. The summed E-state index contributed by atoms with van der Waals surface area (Å²) in [6, 6.07) is 13.7. The third-order valence-corrected chi connectivity index (χ3v) is 2.50. The molecule has 0 saturated heterocycles. The van der Waals surface area contributed by atoms with E-state index < -0.39 is 0 Å².